The molecule has 1 aliphatic carbocycles. The molecule has 2 N–H and O–H groups in total. The van der Waals surface area contributed by atoms with E-state index in [1.54, 1.807) is 21.3 Å². The lowest BCUT2D eigenvalue weighted by atomic mass is 10.0. The van der Waals surface area contributed by atoms with Gasteiger partial charge >= 0.3 is 0 Å². The average molecular weight is 251 g/mol. The highest BCUT2D eigenvalue weighted by molar-refractivity contribution is 5.50. The quantitative estimate of drug-likeness (QED) is 0.838. The van der Waals surface area contributed by atoms with Crippen LogP contribution in [0.15, 0.2) is 12.1 Å². The summed E-state index contributed by atoms with van der Waals surface area (Å²) in [5, 5.41) is 0. The van der Waals surface area contributed by atoms with Crippen molar-refractivity contribution in [1.82, 2.24) is 0 Å². The molecule has 0 aromatic heterocycles. The van der Waals surface area contributed by atoms with Gasteiger partial charge in [0.2, 0.25) is 0 Å². The zero-order chi connectivity index (χ0) is 13.2. The summed E-state index contributed by atoms with van der Waals surface area (Å²) in [7, 11) is 4.99. The first-order valence-electron chi connectivity index (χ1n) is 6.14. The zero-order valence-corrected chi connectivity index (χ0v) is 11.3. The zero-order valence-electron chi connectivity index (χ0n) is 11.3. The van der Waals surface area contributed by atoms with Crippen LogP contribution in [0.25, 0.3) is 0 Å². The summed E-state index contributed by atoms with van der Waals surface area (Å²) < 4.78 is 16.1. The molecule has 4 nitrogen and oxygen atoms in total. The van der Waals surface area contributed by atoms with E-state index < -0.39 is 0 Å². The molecule has 0 spiro atoms. The first kappa shape index (κ1) is 13.2. The molecular weight excluding hydrogens is 230 g/mol. The fourth-order valence-corrected chi connectivity index (χ4v) is 2.24. The fraction of sp³-hybridized carbons (Fsp3) is 0.571. The maximum atomic E-state index is 6.18. The lowest BCUT2D eigenvalue weighted by molar-refractivity contribution is 0.178. The number of nitrogens with two attached hydrogens (primary N) is 1. The van der Waals surface area contributed by atoms with Gasteiger partial charge in [-0.25, -0.2) is 0 Å². The Morgan fingerprint density at radius 1 is 1.17 bits per heavy atom. The lowest BCUT2D eigenvalue weighted by Gasteiger charge is -2.18. The minimum absolute atomic E-state index is 0.0355. The number of rotatable bonds is 6. The Labute approximate surface area is 108 Å². The third-order valence-corrected chi connectivity index (χ3v) is 3.45. The monoisotopic (exact) mass is 251 g/mol. The van der Waals surface area contributed by atoms with Gasteiger partial charge in [-0.3, -0.25) is 0 Å². The molecule has 100 valence electrons. The van der Waals surface area contributed by atoms with Gasteiger partial charge in [0.05, 0.1) is 26.4 Å². The second kappa shape index (κ2) is 5.16. The molecule has 4 heteroatoms. The van der Waals surface area contributed by atoms with Crippen LogP contribution >= 0.6 is 0 Å². The molecule has 0 atom stereocenters. The van der Waals surface area contributed by atoms with E-state index in [4.69, 9.17) is 19.9 Å². The Balaban J connectivity index is 2.37. The van der Waals surface area contributed by atoms with E-state index in [-0.39, 0.29) is 5.54 Å². The van der Waals surface area contributed by atoms with Crippen molar-refractivity contribution in [3.8, 4) is 11.5 Å². The van der Waals surface area contributed by atoms with Crippen molar-refractivity contribution in [1.29, 1.82) is 0 Å². The average Bonchev–Trinajstić information content (AvgIpc) is 3.08. The van der Waals surface area contributed by atoms with Crippen molar-refractivity contribution in [2.45, 2.75) is 31.4 Å². The molecule has 0 saturated heterocycles. The van der Waals surface area contributed by atoms with Crippen LogP contribution in [0.5, 0.6) is 11.5 Å². The van der Waals surface area contributed by atoms with Crippen LogP contribution in [0.3, 0.4) is 0 Å². The molecule has 0 radical (unpaired) electrons. The van der Waals surface area contributed by atoms with Crippen LogP contribution in [0.2, 0.25) is 0 Å². The third kappa shape index (κ3) is 2.60. The van der Waals surface area contributed by atoms with Crippen LogP contribution in [-0.4, -0.2) is 26.9 Å². The van der Waals surface area contributed by atoms with Gasteiger partial charge in [-0.05, 0) is 30.9 Å². The lowest BCUT2D eigenvalue weighted by Crippen LogP contribution is -2.25. The fourth-order valence-electron chi connectivity index (χ4n) is 2.24. The van der Waals surface area contributed by atoms with Crippen LogP contribution < -0.4 is 15.2 Å². The second-order valence-electron chi connectivity index (χ2n) is 4.91. The van der Waals surface area contributed by atoms with Gasteiger partial charge in [-0.1, -0.05) is 6.07 Å². The van der Waals surface area contributed by atoms with E-state index in [1.165, 1.54) is 0 Å². The minimum atomic E-state index is -0.0355. The summed E-state index contributed by atoms with van der Waals surface area (Å²) in [4.78, 5) is 0. The van der Waals surface area contributed by atoms with Crippen LogP contribution in [0.4, 0.5) is 0 Å². The Bertz CT molecular complexity index is 427. The Morgan fingerprint density at radius 2 is 1.89 bits per heavy atom. The minimum Gasteiger partial charge on any atom is -0.496 e. The predicted molar refractivity (Wildman–Crippen MR) is 70.1 cm³/mol. The summed E-state index contributed by atoms with van der Waals surface area (Å²) in [5.74, 6) is 1.63. The molecule has 0 aliphatic heterocycles. The third-order valence-electron chi connectivity index (χ3n) is 3.45. The van der Waals surface area contributed by atoms with Crippen LogP contribution in [-0.2, 0) is 17.8 Å². The van der Waals surface area contributed by atoms with Crippen molar-refractivity contribution < 1.29 is 14.2 Å². The van der Waals surface area contributed by atoms with Crippen molar-refractivity contribution in [2.75, 3.05) is 21.3 Å². The Hall–Kier alpha value is -1.26. The van der Waals surface area contributed by atoms with Gasteiger partial charge in [-0.2, -0.15) is 0 Å². The first-order chi connectivity index (χ1) is 8.63. The van der Waals surface area contributed by atoms with Crippen molar-refractivity contribution in [2.24, 2.45) is 5.73 Å². The van der Waals surface area contributed by atoms with Gasteiger partial charge in [-0.15, -0.1) is 0 Å². The number of hydrogen-bond donors (Lipinski definition) is 1. The smallest absolute Gasteiger partial charge is 0.131 e. The Morgan fingerprint density at radius 3 is 2.39 bits per heavy atom. The maximum absolute atomic E-state index is 6.18. The molecule has 1 saturated carbocycles. The summed E-state index contributed by atoms with van der Waals surface area (Å²) in [6.45, 7) is 0.470. The van der Waals surface area contributed by atoms with Gasteiger partial charge in [0.25, 0.3) is 0 Å². The molecule has 1 aromatic rings. The molecule has 0 heterocycles. The summed E-state index contributed by atoms with van der Waals surface area (Å²) in [6.07, 6.45) is 3.01. The molecule has 2 rings (SSSR count). The summed E-state index contributed by atoms with van der Waals surface area (Å²) in [6, 6.07) is 3.99. The van der Waals surface area contributed by atoms with E-state index in [9.17, 15) is 0 Å². The molecule has 0 unspecified atom stereocenters. The molecular formula is C14H21NO3. The first-order valence-corrected chi connectivity index (χ1v) is 6.14. The predicted octanol–water partition coefficient (Wildman–Crippen LogP) is 1.88. The molecule has 1 fully saturated rings. The number of hydrogen-bond acceptors (Lipinski definition) is 4. The SMILES string of the molecule is COCc1c(OC)ccc(CC2(N)CC2)c1OC. The van der Waals surface area contributed by atoms with Gasteiger partial charge in [0, 0.05) is 12.6 Å². The largest absolute Gasteiger partial charge is 0.496 e. The molecule has 1 aromatic carbocycles. The second-order valence-corrected chi connectivity index (χ2v) is 4.91. The van der Waals surface area contributed by atoms with Gasteiger partial charge < -0.3 is 19.9 Å². The summed E-state index contributed by atoms with van der Waals surface area (Å²) in [5.41, 5.74) is 8.22. The van der Waals surface area contributed by atoms with Crippen molar-refractivity contribution >= 4 is 0 Å². The highest BCUT2D eigenvalue weighted by Crippen LogP contribution is 2.40. The highest BCUT2D eigenvalue weighted by Gasteiger charge is 2.39. The maximum Gasteiger partial charge on any atom is 0.131 e. The number of ether oxygens (including phenoxy) is 3. The molecule has 18 heavy (non-hydrogen) atoms. The normalized spacial score (nSPS) is 16.4. The van der Waals surface area contributed by atoms with Crippen LogP contribution in [0.1, 0.15) is 24.0 Å². The van der Waals surface area contributed by atoms with Crippen LogP contribution in [0, 0.1) is 0 Å². The number of methoxy groups -OCH3 is 3. The van der Waals surface area contributed by atoms with E-state index in [1.807, 2.05) is 12.1 Å². The van der Waals surface area contributed by atoms with Crippen molar-refractivity contribution in [3.63, 3.8) is 0 Å². The summed E-state index contributed by atoms with van der Waals surface area (Å²) >= 11 is 0. The van der Waals surface area contributed by atoms with E-state index in [2.05, 4.69) is 0 Å². The number of benzene rings is 1. The standard InChI is InChI=1S/C14H21NO3/c1-16-9-11-12(17-2)5-4-10(13(11)18-3)8-14(15)6-7-14/h4-5H,6-9,15H2,1-3H3. The molecule has 0 amide bonds. The van der Waals surface area contributed by atoms with Crippen molar-refractivity contribution in [3.05, 3.63) is 23.3 Å². The van der Waals surface area contributed by atoms with E-state index in [0.717, 1.165) is 41.9 Å². The van der Waals surface area contributed by atoms with E-state index >= 15 is 0 Å². The Kier molecular flexibility index (Phi) is 3.78. The van der Waals surface area contributed by atoms with Gasteiger partial charge in [0.1, 0.15) is 11.5 Å². The molecule has 0 bridgehead atoms. The van der Waals surface area contributed by atoms with E-state index in [0.29, 0.717) is 6.61 Å². The highest BCUT2D eigenvalue weighted by atomic mass is 16.5. The molecule has 1 aliphatic rings. The topological polar surface area (TPSA) is 53.7 Å². The van der Waals surface area contributed by atoms with Gasteiger partial charge in [0.15, 0.2) is 0 Å².